The fourth-order valence-corrected chi connectivity index (χ4v) is 4.86. The molecule has 8 nitrogen and oxygen atoms in total. The molecule has 36 heavy (non-hydrogen) atoms. The average molecular weight is 538 g/mol. The fraction of sp³-hybridized carbons (Fsp3) is 0.963. The molecule has 0 aromatic heterocycles. The molecule has 0 spiro atoms. The van der Waals surface area contributed by atoms with Crippen molar-refractivity contribution < 1.29 is 33.1 Å². The predicted molar refractivity (Wildman–Crippen MR) is 146 cm³/mol. The van der Waals surface area contributed by atoms with Crippen molar-refractivity contribution in [1.29, 1.82) is 0 Å². The van der Waals surface area contributed by atoms with Gasteiger partial charge < -0.3 is 20.5 Å². The third-order valence-electron chi connectivity index (χ3n) is 6.28. The van der Waals surface area contributed by atoms with Crippen LogP contribution in [0.25, 0.3) is 0 Å². The second-order valence-electron chi connectivity index (χ2n) is 9.79. The van der Waals surface area contributed by atoms with Crippen molar-refractivity contribution in [3.05, 3.63) is 0 Å². The Morgan fingerprint density at radius 1 is 0.750 bits per heavy atom. The first kappa shape index (κ1) is 35.5. The van der Waals surface area contributed by atoms with Crippen molar-refractivity contribution in [3.63, 3.8) is 0 Å². The van der Waals surface area contributed by atoms with Gasteiger partial charge in [0.2, 0.25) is 0 Å². The van der Waals surface area contributed by atoms with Crippen molar-refractivity contribution in [3.8, 4) is 0 Å². The summed E-state index contributed by atoms with van der Waals surface area (Å²) in [4.78, 5) is 21.4. The largest absolute Gasteiger partial charge is 0.472 e. The van der Waals surface area contributed by atoms with Crippen LogP contribution >= 0.6 is 7.82 Å². The molecule has 0 radical (unpaired) electrons. The number of hydrogen-bond donors (Lipinski definition) is 3. The first-order valence-electron chi connectivity index (χ1n) is 14.6. The molecule has 2 unspecified atom stereocenters. The Hall–Kier alpha value is -0.500. The van der Waals surface area contributed by atoms with Crippen molar-refractivity contribution in [2.75, 3.05) is 26.4 Å². The van der Waals surface area contributed by atoms with E-state index >= 15 is 0 Å². The van der Waals surface area contributed by atoms with E-state index < -0.39 is 33.1 Å². The maximum atomic E-state index is 11.9. The zero-order valence-electron chi connectivity index (χ0n) is 23.0. The number of aliphatic hydroxyl groups is 1. The number of esters is 1. The van der Waals surface area contributed by atoms with E-state index in [1.165, 1.54) is 103 Å². The van der Waals surface area contributed by atoms with Gasteiger partial charge >= 0.3 is 13.8 Å². The summed E-state index contributed by atoms with van der Waals surface area (Å²) >= 11 is 0. The van der Waals surface area contributed by atoms with Crippen LogP contribution < -0.4 is 5.73 Å². The number of phosphoric acid groups is 1. The highest BCUT2D eigenvalue weighted by Gasteiger charge is 2.24. The number of phosphoric ester groups is 1. The van der Waals surface area contributed by atoms with Crippen LogP contribution in [0.15, 0.2) is 0 Å². The van der Waals surface area contributed by atoms with E-state index in [9.17, 15) is 19.4 Å². The molecule has 0 aromatic carbocycles. The number of carbonyl (C=O) groups is 1. The first-order chi connectivity index (χ1) is 17.4. The van der Waals surface area contributed by atoms with Crippen LogP contribution in [-0.4, -0.2) is 48.4 Å². The van der Waals surface area contributed by atoms with Crippen LogP contribution in [0.2, 0.25) is 0 Å². The maximum absolute atomic E-state index is 11.9. The Balaban J connectivity index is 3.46. The molecule has 0 aliphatic rings. The zero-order chi connectivity index (χ0) is 26.7. The molecule has 0 heterocycles. The van der Waals surface area contributed by atoms with Crippen LogP contribution in [0, 0.1) is 0 Å². The van der Waals surface area contributed by atoms with Gasteiger partial charge in [0.25, 0.3) is 0 Å². The summed E-state index contributed by atoms with van der Waals surface area (Å²) in [5.74, 6) is -0.444. The summed E-state index contributed by atoms with van der Waals surface area (Å²) in [6.45, 7) is 1.30. The number of ether oxygens (including phenoxy) is 1. The summed E-state index contributed by atoms with van der Waals surface area (Å²) in [6, 6.07) is 0. The van der Waals surface area contributed by atoms with Crippen molar-refractivity contribution >= 4 is 13.8 Å². The van der Waals surface area contributed by atoms with Gasteiger partial charge in [-0.05, 0) is 6.42 Å². The number of unbranched alkanes of at least 4 members (excludes halogenated alkanes) is 18. The van der Waals surface area contributed by atoms with Gasteiger partial charge in [0.15, 0.2) is 0 Å². The summed E-state index contributed by atoms with van der Waals surface area (Å²) in [5, 5.41) is 9.29. The fourth-order valence-electron chi connectivity index (χ4n) is 4.10. The number of rotatable bonds is 28. The smallest absolute Gasteiger partial charge is 0.457 e. The second kappa shape index (κ2) is 26.1. The molecule has 216 valence electrons. The van der Waals surface area contributed by atoms with Gasteiger partial charge in [-0.2, -0.15) is 0 Å². The molecule has 2 atom stereocenters. The summed E-state index contributed by atoms with van der Waals surface area (Å²) < 4.78 is 26.0. The van der Waals surface area contributed by atoms with Crippen LogP contribution in [0.1, 0.15) is 135 Å². The first-order valence-corrected chi connectivity index (χ1v) is 16.1. The molecule has 0 amide bonds. The van der Waals surface area contributed by atoms with E-state index in [-0.39, 0.29) is 19.6 Å². The van der Waals surface area contributed by atoms with Gasteiger partial charge in [-0.3, -0.25) is 13.8 Å². The predicted octanol–water partition coefficient (Wildman–Crippen LogP) is 6.80. The normalized spacial score (nSPS) is 14.0. The van der Waals surface area contributed by atoms with Crippen LogP contribution in [0.4, 0.5) is 0 Å². The third kappa shape index (κ3) is 25.2. The molecule has 0 bridgehead atoms. The quantitative estimate of drug-likeness (QED) is 0.0564. The lowest BCUT2D eigenvalue weighted by molar-refractivity contribution is -0.153. The number of nitrogens with two attached hydrogens (primary N) is 1. The van der Waals surface area contributed by atoms with E-state index in [4.69, 9.17) is 15.0 Å². The third-order valence-corrected chi connectivity index (χ3v) is 7.27. The van der Waals surface area contributed by atoms with Crippen molar-refractivity contribution in [1.82, 2.24) is 0 Å². The molecular formula is C27H56NO7P. The average Bonchev–Trinajstić information content (AvgIpc) is 2.86. The van der Waals surface area contributed by atoms with Gasteiger partial charge in [-0.15, -0.1) is 0 Å². The van der Waals surface area contributed by atoms with E-state index in [1.807, 2.05) is 0 Å². The minimum atomic E-state index is -4.26. The molecule has 0 aromatic rings. The van der Waals surface area contributed by atoms with E-state index in [0.717, 1.165) is 19.3 Å². The van der Waals surface area contributed by atoms with Crippen molar-refractivity contribution in [2.24, 2.45) is 5.73 Å². The van der Waals surface area contributed by atoms with Crippen LogP contribution in [0.3, 0.4) is 0 Å². The zero-order valence-corrected chi connectivity index (χ0v) is 23.9. The maximum Gasteiger partial charge on any atom is 0.472 e. The molecule has 0 saturated carbocycles. The number of hydrogen-bond acceptors (Lipinski definition) is 7. The van der Waals surface area contributed by atoms with E-state index in [0.29, 0.717) is 0 Å². The second-order valence-corrected chi connectivity index (χ2v) is 11.2. The molecular weight excluding hydrogens is 481 g/mol. The van der Waals surface area contributed by atoms with E-state index in [1.54, 1.807) is 0 Å². The standard InChI is InChI=1S/C27H56NO7P/c1-2-3-4-5-6-7-8-9-10-11-12-13-14-15-16-17-18-19-20-21-27(30)35-26(24-29)25-34-36(31,32)33-23-22-28/h26,29H,2-25,28H2,1H3,(H,31,32). The number of aliphatic hydroxyl groups excluding tert-OH is 1. The molecule has 0 rings (SSSR count). The molecule has 0 aliphatic carbocycles. The number of carbonyl (C=O) groups excluding carboxylic acids is 1. The molecule has 0 fully saturated rings. The minimum absolute atomic E-state index is 0.0752. The molecule has 4 N–H and O–H groups in total. The highest BCUT2D eigenvalue weighted by Crippen LogP contribution is 2.42. The Bertz CT molecular complexity index is 536. The van der Waals surface area contributed by atoms with E-state index in [2.05, 4.69) is 11.4 Å². The topological polar surface area (TPSA) is 128 Å². The lowest BCUT2D eigenvalue weighted by Crippen LogP contribution is -2.27. The van der Waals surface area contributed by atoms with Gasteiger partial charge in [0.05, 0.1) is 19.8 Å². The Morgan fingerprint density at radius 2 is 1.17 bits per heavy atom. The van der Waals surface area contributed by atoms with Crippen LogP contribution in [0.5, 0.6) is 0 Å². The van der Waals surface area contributed by atoms with Crippen molar-refractivity contribution in [2.45, 2.75) is 141 Å². The van der Waals surface area contributed by atoms with Gasteiger partial charge in [0, 0.05) is 13.0 Å². The summed E-state index contributed by atoms with van der Waals surface area (Å²) in [7, 11) is -4.26. The van der Waals surface area contributed by atoms with Crippen LogP contribution in [-0.2, 0) is 23.1 Å². The summed E-state index contributed by atoms with van der Waals surface area (Å²) in [5.41, 5.74) is 5.20. The molecule has 0 aliphatic heterocycles. The lowest BCUT2D eigenvalue weighted by Gasteiger charge is -2.17. The Kier molecular flexibility index (Phi) is 25.8. The molecule has 0 saturated heterocycles. The Morgan fingerprint density at radius 3 is 1.56 bits per heavy atom. The lowest BCUT2D eigenvalue weighted by atomic mass is 10.0. The van der Waals surface area contributed by atoms with Gasteiger partial charge in [-0.25, -0.2) is 4.57 Å². The minimum Gasteiger partial charge on any atom is -0.457 e. The SMILES string of the molecule is CCCCCCCCCCCCCCCCCCCCCC(=O)OC(CO)COP(=O)(O)OCCN. The molecule has 9 heteroatoms. The van der Waals surface area contributed by atoms with Gasteiger partial charge in [0.1, 0.15) is 6.10 Å². The Labute approximate surface area is 220 Å². The highest BCUT2D eigenvalue weighted by atomic mass is 31.2. The summed E-state index contributed by atoms with van der Waals surface area (Å²) in [6.07, 6.45) is 23.9. The highest BCUT2D eigenvalue weighted by molar-refractivity contribution is 7.47. The van der Waals surface area contributed by atoms with Gasteiger partial charge in [-0.1, -0.05) is 122 Å². The monoisotopic (exact) mass is 537 g/mol.